The zero-order chi connectivity index (χ0) is 9.36. The maximum atomic E-state index is 5.64. The topological polar surface area (TPSA) is 21.3 Å². The number of nitrogens with one attached hydrogen (secondary N) is 1. The van der Waals surface area contributed by atoms with Crippen LogP contribution in [0, 0.1) is 5.92 Å². The summed E-state index contributed by atoms with van der Waals surface area (Å²) in [5, 5.41) is 3.41. The molecule has 1 atom stereocenters. The van der Waals surface area contributed by atoms with Crippen molar-refractivity contribution >= 4 is 0 Å². The first-order valence-corrected chi connectivity index (χ1v) is 5.72. The zero-order valence-electron chi connectivity index (χ0n) is 8.85. The molecule has 1 aliphatic rings. The van der Waals surface area contributed by atoms with Gasteiger partial charge in [0, 0.05) is 13.2 Å². The summed E-state index contributed by atoms with van der Waals surface area (Å²) in [5.74, 6) is 0.773. The summed E-state index contributed by atoms with van der Waals surface area (Å²) in [6.07, 6.45) is 6.50. The molecule has 1 heterocycles. The standard InChI is InChI=1S/C11H23NO/c1-2-3-4-8-13-10-11-6-5-7-12-9-11/h11-12H,2-10H2,1H3/t11-/m0/s1. The summed E-state index contributed by atoms with van der Waals surface area (Å²) in [4.78, 5) is 0. The van der Waals surface area contributed by atoms with E-state index >= 15 is 0 Å². The highest BCUT2D eigenvalue weighted by Crippen LogP contribution is 2.10. The second kappa shape index (κ2) is 7.34. The van der Waals surface area contributed by atoms with Crippen molar-refractivity contribution in [2.45, 2.75) is 39.0 Å². The van der Waals surface area contributed by atoms with Crippen LogP contribution < -0.4 is 5.32 Å². The Bertz CT molecular complexity index is 111. The molecule has 2 heteroatoms. The number of hydrogen-bond donors (Lipinski definition) is 1. The van der Waals surface area contributed by atoms with Crippen LogP contribution in [-0.2, 0) is 4.74 Å². The van der Waals surface area contributed by atoms with Crippen LogP contribution in [0.5, 0.6) is 0 Å². The van der Waals surface area contributed by atoms with E-state index in [0.717, 1.165) is 25.7 Å². The second-order valence-corrected chi connectivity index (χ2v) is 3.99. The monoisotopic (exact) mass is 185 g/mol. The summed E-state index contributed by atoms with van der Waals surface area (Å²) in [7, 11) is 0. The van der Waals surface area contributed by atoms with E-state index in [2.05, 4.69) is 12.2 Å². The largest absolute Gasteiger partial charge is 0.381 e. The molecule has 0 bridgehead atoms. The Morgan fingerprint density at radius 2 is 2.31 bits per heavy atom. The first-order chi connectivity index (χ1) is 6.43. The highest BCUT2D eigenvalue weighted by molar-refractivity contribution is 4.67. The molecule has 1 fully saturated rings. The van der Waals surface area contributed by atoms with Gasteiger partial charge in [-0.05, 0) is 31.7 Å². The van der Waals surface area contributed by atoms with Crippen molar-refractivity contribution in [3.63, 3.8) is 0 Å². The highest BCUT2D eigenvalue weighted by atomic mass is 16.5. The van der Waals surface area contributed by atoms with Crippen LogP contribution in [0.15, 0.2) is 0 Å². The third-order valence-electron chi connectivity index (χ3n) is 2.64. The van der Waals surface area contributed by atoms with Gasteiger partial charge in [-0.15, -0.1) is 0 Å². The van der Waals surface area contributed by atoms with E-state index in [9.17, 15) is 0 Å². The van der Waals surface area contributed by atoms with Crippen LogP contribution in [0.3, 0.4) is 0 Å². The fourth-order valence-corrected chi connectivity index (χ4v) is 1.77. The molecule has 0 unspecified atom stereocenters. The minimum atomic E-state index is 0.773. The van der Waals surface area contributed by atoms with Crippen molar-refractivity contribution in [3.05, 3.63) is 0 Å². The Hall–Kier alpha value is -0.0800. The summed E-state index contributed by atoms with van der Waals surface area (Å²) in [5.41, 5.74) is 0. The van der Waals surface area contributed by atoms with Crippen LogP contribution in [0.4, 0.5) is 0 Å². The lowest BCUT2D eigenvalue weighted by Gasteiger charge is -2.22. The summed E-state index contributed by atoms with van der Waals surface area (Å²) < 4.78 is 5.64. The minimum absolute atomic E-state index is 0.773. The molecule has 78 valence electrons. The maximum absolute atomic E-state index is 5.64. The number of rotatable bonds is 6. The van der Waals surface area contributed by atoms with E-state index < -0.39 is 0 Å². The molecule has 2 nitrogen and oxygen atoms in total. The molecule has 0 aromatic heterocycles. The van der Waals surface area contributed by atoms with Gasteiger partial charge in [0.2, 0.25) is 0 Å². The summed E-state index contributed by atoms with van der Waals surface area (Å²) >= 11 is 0. The zero-order valence-corrected chi connectivity index (χ0v) is 8.85. The second-order valence-electron chi connectivity index (χ2n) is 3.99. The Balaban J connectivity index is 1.86. The lowest BCUT2D eigenvalue weighted by Crippen LogP contribution is -2.32. The van der Waals surface area contributed by atoms with E-state index in [1.807, 2.05) is 0 Å². The first-order valence-electron chi connectivity index (χ1n) is 5.72. The third-order valence-corrected chi connectivity index (χ3v) is 2.64. The molecule has 1 N–H and O–H groups in total. The summed E-state index contributed by atoms with van der Waals surface area (Å²) in [6.45, 7) is 6.52. The molecular weight excluding hydrogens is 162 g/mol. The van der Waals surface area contributed by atoms with Gasteiger partial charge in [-0.25, -0.2) is 0 Å². The molecule has 0 aliphatic carbocycles. The van der Waals surface area contributed by atoms with E-state index in [0.29, 0.717) is 0 Å². The van der Waals surface area contributed by atoms with E-state index in [4.69, 9.17) is 4.74 Å². The smallest absolute Gasteiger partial charge is 0.0506 e. The van der Waals surface area contributed by atoms with Crippen molar-refractivity contribution in [3.8, 4) is 0 Å². The lowest BCUT2D eigenvalue weighted by atomic mass is 10.0. The fraction of sp³-hybridized carbons (Fsp3) is 1.00. The predicted molar refractivity (Wildman–Crippen MR) is 55.9 cm³/mol. The van der Waals surface area contributed by atoms with Crippen LogP contribution >= 0.6 is 0 Å². The molecule has 0 radical (unpaired) electrons. The van der Waals surface area contributed by atoms with Crippen molar-refractivity contribution in [2.75, 3.05) is 26.3 Å². The molecule has 0 saturated carbocycles. The Morgan fingerprint density at radius 3 is 3.00 bits per heavy atom. The number of piperidine rings is 1. The number of hydrogen-bond acceptors (Lipinski definition) is 2. The van der Waals surface area contributed by atoms with Gasteiger partial charge < -0.3 is 10.1 Å². The minimum Gasteiger partial charge on any atom is -0.381 e. The Labute approximate surface area is 82.0 Å². The summed E-state index contributed by atoms with van der Waals surface area (Å²) in [6, 6.07) is 0. The molecule has 13 heavy (non-hydrogen) atoms. The molecular formula is C11H23NO. The van der Waals surface area contributed by atoms with Gasteiger partial charge in [0.25, 0.3) is 0 Å². The van der Waals surface area contributed by atoms with Gasteiger partial charge in [-0.3, -0.25) is 0 Å². The molecule has 0 aromatic rings. The van der Waals surface area contributed by atoms with Crippen molar-refractivity contribution < 1.29 is 4.74 Å². The van der Waals surface area contributed by atoms with E-state index in [1.165, 1.54) is 38.6 Å². The van der Waals surface area contributed by atoms with Crippen molar-refractivity contribution in [1.29, 1.82) is 0 Å². The molecule has 0 amide bonds. The highest BCUT2D eigenvalue weighted by Gasteiger charge is 2.12. The maximum Gasteiger partial charge on any atom is 0.0506 e. The van der Waals surface area contributed by atoms with E-state index in [-0.39, 0.29) is 0 Å². The van der Waals surface area contributed by atoms with Gasteiger partial charge in [0.05, 0.1) is 6.61 Å². The van der Waals surface area contributed by atoms with Gasteiger partial charge in [-0.1, -0.05) is 19.8 Å². The quantitative estimate of drug-likeness (QED) is 0.640. The van der Waals surface area contributed by atoms with Gasteiger partial charge in [0.1, 0.15) is 0 Å². The molecule has 1 saturated heterocycles. The predicted octanol–water partition coefficient (Wildman–Crippen LogP) is 2.19. The Morgan fingerprint density at radius 1 is 1.38 bits per heavy atom. The number of unbranched alkanes of at least 4 members (excludes halogenated alkanes) is 2. The van der Waals surface area contributed by atoms with Gasteiger partial charge >= 0.3 is 0 Å². The van der Waals surface area contributed by atoms with Gasteiger partial charge in [-0.2, -0.15) is 0 Å². The average Bonchev–Trinajstić information content (AvgIpc) is 2.19. The van der Waals surface area contributed by atoms with Crippen molar-refractivity contribution in [1.82, 2.24) is 5.32 Å². The first kappa shape index (κ1) is 11.0. The average molecular weight is 185 g/mol. The normalized spacial score (nSPS) is 23.3. The number of ether oxygens (including phenoxy) is 1. The fourth-order valence-electron chi connectivity index (χ4n) is 1.77. The van der Waals surface area contributed by atoms with Crippen LogP contribution in [0.2, 0.25) is 0 Å². The SMILES string of the molecule is CCCCCOC[C@H]1CCCNC1. The lowest BCUT2D eigenvalue weighted by molar-refractivity contribution is 0.0871. The molecule has 0 spiro atoms. The molecule has 1 aliphatic heterocycles. The van der Waals surface area contributed by atoms with Gasteiger partial charge in [0.15, 0.2) is 0 Å². The van der Waals surface area contributed by atoms with Crippen molar-refractivity contribution in [2.24, 2.45) is 5.92 Å². The molecule has 1 rings (SSSR count). The Kier molecular flexibility index (Phi) is 6.21. The van der Waals surface area contributed by atoms with Crippen LogP contribution in [-0.4, -0.2) is 26.3 Å². The molecule has 0 aromatic carbocycles. The third kappa shape index (κ3) is 5.27. The van der Waals surface area contributed by atoms with Crippen LogP contribution in [0.25, 0.3) is 0 Å². The van der Waals surface area contributed by atoms with Crippen LogP contribution in [0.1, 0.15) is 39.0 Å². The van der Waals surface area contributed by atoms with E-state index in [1.54, 1.807) is 0 Å².